The average molecular weight is 393 g/mol. The minimum atomic E-state index is -0.509. The molecule has 0 fully saturated rings. The van der Waals surface area contributed by atoms with E-state index in [2.05, 4.69) is 5.32 Å². The Bertz CT molecular complexity index is 1190. The standard InChI is InChI=1S/C22H23N3O4/c1-4-14(2)25-21(28)18-7-5-6-8-19(18)24(22(25)29)13-20(27)23-17-11-9-16(10-12-17)15(3)26/h5-12,14H,4,13H2,1-3H3,(H,23,27)/t14-/m1/s1. The Morgan fingerprint density at radius 2 is 1.69 bits per heavy atom. The molecule has 0 unspecified atom stereocenters. The van der Waals surface area contributed by atoms with E-state index in [4.69, 9.17) is 0 Å². The van der Waals surface area contributed by atoms with Gasteiger partial charge < -0.3 is 5.32 Å². The first-order valence-electron chi connectivity index (χ1n) is 9.48. The number of carbonyl (C=O) groups is 2. The van der Waals surface area contributed by atoms with Crippen LogP contribution in [0.5, 0.6) is 0 Å². The molecule has 0 spiro atoms. The lowest BCUT2D eigenvalue weighted by molar-refractivity contribution is -0.116. The van der Waals surface area contributed by atoms with E-state index < -0.39 is 11.6 Å². The summed E-state index contributed by atoms with van der Waals surface area (Å²) in [5.41, 5.74) is 0.629. The monoisotopic (exact) mass is 393 g/mol. The van der Waals surface area contributed by atoms with Gasteiger partial charge in [-0.15, -0.1) is 0 Å². The average Bonchev–Trinajstić information content (AvgIpc) is 2.71. The summed E-state index contributed by atoms with van der Waals surface area (Å²) in [6, 6.07) is 13.0. The van der Waals surface area contributed by atoms with Crippen molar-refractivity contribution in [3.63, 3.8) is 0 Å². The Labute approximate surface area is 167 Å². The predicted octanol–water partition coefficient (Wildman–Crippen LogP) is 2.98. The first-order valence-corrected chi connectivity index (χ1v) is 9.48. The van der Waals surface area contributed by atoms with Gasteiger partial charge in [-0.05, 0) is 56.7 Å². The van der Waals surface area contributed by atoms with E-state index >= 15 is 0 Å². The van der Waals surface area contributed by atoms with Crippen molar-refractivity contribution in [1.29, 1.82) is 0 Å². The SMILES string of the molecule is CC[C@@H](C)n1c(=O)c2ccccc2n(CC(=O)Nc2ccc(C(C)=O)cc2)c1=O. The van der Waals surface area contributed by atoms with Gasteiger partial charge in [-0.2, -0.15) is 0 Å². The second kappa shape index (κ2) is 8.26. The molecule has 0 aliphatic heterocycles. The van der Waals surface area contributed by atoms with E-state index in [1.807, 2.05) is 6.92 Å². The fourth-order valence-corrected chi connectivity index (χ4v) is 3.20. The van der Waals surface area contributed by atoms with Crippen LogP contribution in [-0.2, 0) is 11.3 Å². The number of ketones is 1. The lowest BCUT2D eigenvalue weighted by Gasteiger charge is -2.17. The first-order chi connectivity index (χ1) is 13.8. The molecule has 0 saturated heterocycles. The molecule has 1 aromatic heterocycles. The van der Waals surface area contributed by atoms with Crippen molar-refractivity contribution in [2.24, 2.45) is 0 Å². The first kappa shape index (κ1) is 20.3. The number of rotatable bonds is 6. The Hall–Kier alpha value is -3.48. The van der Waals surface area contributed by atoms with Crippen molar-refractivity contribution in [2.45, 2.75) is 39.8 Å². The van der Waals surface area contributed by atoms with Gasteiger partial charge in [0, 0.05) is 17.3 Å². The number of para-hydroxylation sites is 1. The number of nitrogens with one attached hydrogen (secondary N) is 1. The highest BCUT2D eigenvalue weighted by molar-refractivity contribution is 5.95. The van der Waals surface area contributed by atoms with E-state index in [1.165, 1.54) is 16.1 Å². The summed E-state index contributed by atoms with van der Waals surface area (Å²) in [4.78, 5) is 49.8. The zero-order chi connectivity index (χ0) is 21.1. The minimum Gasteiger partial charge on any atom is -0.325 e. The van der Waals surface area contributed by atoms with E-state index in [-0.39, 0.29) is 23.9 Å². The molecule has 3 aromatic rings. The van der Waals surface area contributed by atoms with Gasteiger partial charge in [0.1, 0.15) is 6.54 Å². The number of amides is 1. The Morgan fingerprint density at radius 3 is 2.31 bits per heavy atom. The van der Waals surface area contributed by atoms with Crippen LogP contribution in [0.15, 0.2) is 58.1 Å². The third kappa shape index (κ3) is 4.03. The Balaban J connectivity index is 1.99. The van der Waals surface area contributed by atoms with Crippen molar-refractivity contribution in [3.8, 4) is 0 Å². The Morgan fingerprint density at radius 1 is 1.03 bits per heavy atom. The lowest BCUT2D eigenvalue weighted by atomic mass is 10.1. The molecule has 1 N–H and O–H groups in total. The van der Waals surface area contributed by atoms with Crippen LogP contribution in [0.4, 0.5) is 5.69 Å². The van der Waals surface area contributed by atoms with Gasteiger partial charge in [0.15, 0.2) is 5.78 Å². The lowest BCUT2D eigenvalue weighted by Crippen LogP contribution is -2.43. The summed E-state index contributed by atoms with van der Waals surface area (Å²) in [5, 5.41) is 3.12. The highest BCUT2D eigenvalue weighted by Gasteiger charge is 2.18. The third-order valence-corrected chi connectivity index (χ3v) is 4.99. The number of hydrogen-bond donors (Lipinski definition) is 1. The summed E-state index contributed by atoms with van der Waals surface area (Å²) in [7, 11) is 0. The van der Waals surface area contributed by atoms with Crippen molar-refractivity contribution in [1.82, 2.24) is 9.13 Å². The summed E-state index contributed by atoms with van der Waals surface area (Å²) >= 11 is 0. The van der Waals surface area contributed by atoms with E-state index in [1.54, 1.807) is 55.5 Å². The van der Waals surface area contributed by atoms with Crippen LogP contribution < -0.4 is 16.6 Å². The molecule has 0 aliphatic carbocycles. The number of hydrogen-bond acceptors (Lipinski definition) is 4. The summed E-state index contributed by atoms with van der Waals surface area (Å²) < 4.78 is 2.53. The van der Waals surface area contributed by atoms with Crippen LogP contribution in [0, 0.1) is 0 Å². The molecule has 7 nitrogen and oxygen atoms in total. The van der Waals surface area contributed by atoms with Gasteiger partial charge in [0.25, 0.3) is 5.56 Å². The highest BCUT2D eigenvalue weighted by Crippen LogP contribution is 2.13. The van der Waals surface area contributed by atoms with Gasteiger partial charge in [-0.25, -0.2) is 4.79 Å². The molecule has 1 amide bonds. The second-order valence-corrected chi connectivity index (χ2v) is 7.00. The number of carbonyl (C=O) groups excluding carboxylic acids is 2. The summed E-state index contributed by atoms with van der Waals surface area (Å²) in [5.74, 6) is -0.463. The maximum absolute atomic E-state index is 13.0. The number of nitrogens with zero attached hydrogens (tertiary/aromatic N) is 2. The molecule has 7 heteroatoms. The molecule has 0 saturated carbocycles. The topological polar surface area (TPSA) is 90.2 Å². The zero-order valence-electron chi connectivity index (χ0n) is 16.6. The molecule has 1 heterocycles. The number of benzene rings is 2. The summed E-state index contributed by atoms with van der Waals surface area (Å²) in [6.45, 7) is 4.94. The van der Waals surface area contributed by atoms with Gasteiger partial charge in [0.05, 0.1) is 10.9 Å². The molecule has 0 aliphatic rings. The number of fused-ring (bicyclic) bond motifs is 1. The fourth-order valence-electron chi connectivity index (χ4n) is 3.20. The Kier molecular flexibility index (Phi) is 5.77. The third-order valence-electron chi connectivity index (χ3n) is 4.99. The molecule has 150 valence electrons. The van der Waals surface area contributed by atoms with E-state index in [0.29, 0.717) is 28.6 Å². The van der Waals surface area contributed by atoms with Gasteiger partial charge in [-0.1, -0.05) is 19.1 Å². The molecular weight excluding hydrogens is 370 g/mol. The van der Waals surface area contributed by atoms with Crippen LogP contribution >= 0.6 is 0 Å². The van der Waals surface area contributed by atoms with E-state index in [9.17, 15) is 19.2 Å². The van der Waals surface area contributed by atoms with Crippen LogP contribution in [0.1, 0.15) is 43.6 Å². The summed E-state index contributed by atoms with van der Waals surface area (Å²) in [6.07, 6.45) is 0.613. The zero-order valence-corrected chi connectivity index (χ0v) is 16.6. The van der Waals surface area contributed by atoms with Gasteiger partial charge in [-0.3, -0.25) is 23.5 Å². The van der Waals surface area contributed by atoms with Crippen LogP contribution in [-0.4, -0.2) is 20.8 Å². The highest BCUT2D eigenvalue weighted by atomic mass is 16.2. The number of aromatic nitrogens is 2. The maximum Gasteiger partial charge on any atom is 0.332 e. The van der Waals surface area contributed by atoms with Crippen molar-refractivity contribution >= 4 is 28.3 Å². The molecule has 3 rings (SSSR count). The molecular formula is C22H23N3O4. The largest absolute Gasteiger partial charge is 0.332 e. The maximum atomic E-state index is 13.0. The van der Waals surface area contributed by atoms with Crippen LogP contribution in [0.3, 0.4) is 0 Å². The fraction of sp³-hybridized carbons (Fsp3) is 0.273. The molecule has 29 heavy (non-hydrogen) atoms. The molecule has 0 radical (unpaired) electrons. The van der Waals surface area contributed by atoms with Crippen molar-refractivity contribution in [3.05, 3.63) is 74.9 Å². The molecule has 2 aromatic carbocycles. The smallest absolute Gasteiger partial charge is 0.325 e. The van der Waals surface area contributed by atoms with Crippen LogP contribution in [0.25, 0.3) is 10.9 Å². The molecule has 0 bridgehead atoms. The van der Waals surface area contributed by atoms with Crippen LogP contribution in [0.2, 0.25) is 0 Å². The van der Waals surface area contributed by atoms with Gasteiger partial charge in [0.2, 0.25) is 5.91 Å². The second-order valence-electron chi connectivity index (χ2n) is 7.00. The molecule has 1 atom stereocenters. The van der Waals surface area contributed by atoms with Crippen molar-refractivity contribution in [2.75, 3.05) is 5.32 Å². The number of Topliss-reactive ketones (excluding diaryl/α,β-unsaturated/α-hetero) is 1. The normalized spacial score (nSPS) is 12.0. The predicted molar refractivity (Wildman–Crippen MR) is 113 cm³/mol. The van der Waals surface area contributed by atoms with Gasteiger partial charge >= 0.3 is 5.69 Å². The van der Waals surface area contributed by atoms with E-state index in [0.717, 1.165) is 0 Å². The minimum absolute atomic E-state index is 0.0619. The van der Waals surface area contributed by atoms with Crippen molar-refractivity contribution < 1.29 is 9.59 Å². The number of anilines is 1. The quantitative estimate of drug-likeness (QED) is 0.652.